The van der Waals surface area contributed by atoms with E-state index in [1.165, 1.54) is 31.2 Å². The molecule has 0 amide bonds. The topological polar surface area (TPSA) is 28.1 Å². The first kappa shape index (κ1) is 10.7. The summed E-state index contributed by atoms with van der Waals surface area (Å²) >= 11 is 0. The van der Waals surface area contributed by atoms with Gasteiger partial charge in [-0.1, -0.05) is 38.3 Å². The number of nitrogens with zero attached hydrogens (tertiary/aromatic N) is 2. The van der Waals surface area contributed by atoms with Crippen LogP contribution in [0.4, 0.5) is 5.69 Å². The van der Waals surface area contributed by atoms with Gasteiger partial charge >= 0.3 is 5.69 Å². The van der Waals surface area contributed by atoms with Crippen LogP contribution in [-0.4, -0.2) is 0 Å². The van der Waals surface area contributed by atoms with Crippen molar-refractivity contribution in [1.29, 1.82) is 5.39 Å². The number of hydrogen-bond donors (Lipinski definition) is 0. The summed E-state index contributed by atoms with van der Waals surface area (Å²) in [6.45, 7) is 2.22. The number of hydrogen-bond acceptors (Lipinski definition) is 1. The Morgan fingerprint density at radius 2 is 1.79 bits per heavy atom. The zero-order valence-electron chi connectivity index (χ0n) is 8.74. The van der Waals surface area contributed by atoms with Crippen molar-refractivity contribution in [1.82, 2.24) is 0 Å². The molecule has 0 aliphatic heterocycles. The number of benzene rings is 1. The van der Waals surface area contributed by atoms with Crippen LogP contribution < -0.4 is 0 Å². The first-order chi connectivity index (χ1) is 6.86. The van der Waals surface area contributed by atoms with Crippen LogP contribution >= 0.6 is 0 Å². The maximum Gasteiger partial charge on any atom is 0.385 e. The standard InChI is InChI=1S/C12H17N2/c1-2-3-4-5-6-11-7-9-12(14-13)10-8-11/h7-10H,2-6H2,1H3/q+1. The van der Waals surface area contributed by atoms with Crippen LogP contribution in [0.25, 0.3) is 4.98 Å². The second-order valence-corrected chi connectivity index (χ2v) is 3.58. The fourth-order valence-corrected chi connectivity index (χ4v) is 1.49. The third-order valence-electron chi connectivity index (χ3n) is 2.37. The van der Waals surface area contributed by atoms with Crippen molar-refractivity contribution in [2.24, 2.45) is 0 Å². The van der Waals surface area contributed by atoms with E-state index in [1.54, 1.807) is 0 Å². The van der Waals surface area contributed by atoms with E-state index in [2.05, 4.69) is 11.9 Å². The average molecular weight is 189 g/mol. The zero-order chi connectivity index (χ0) is 10.2. The highest BCUT2D eigenvalue weighted by Crippen LogP contribution is 2.14. The molecule has 0 saturated carbocycles. The zero-order valence-corrected chi connectivity index (χ0v) is 8.74. The Morgan fingerprint density at radius 1 is 1.07 bits per heavy atom. The Kier molecular flexibility index (Phi) is 4.71. The summed E-state index contributed by atoms with van der Waals surface area (Å²) in [4.78, 5) is 3.12. The molecule has 0 aliphatic carbocycles. The van der Waals surface area contributed by atoms with Gasteiger partial charge in [0.1, 0.15) is 0 Å². The molecule has 0 unspecified atom stereocenters. The van der Waals surface area contributed by atoms with Crippen molar-refractivity contribution in [3.8, 4) is 0 Å². The Hall–Kier alpha value is -1.36. The van der Waals surface area contributed by atoms with Gasteiger partial charge in [0, 0.05) is 12.1 Å². The van der Waals surface area contributed by atoms with Crippen molar-refractivity contribution >= 4 is 5.69 Å². The van der Waals surface area contributed by atoms with E-state index in [-0.39, 0.29) is 0 Å². The molecule has 1 aromatic rings. The van der Waals surface area contributed by atoms with Crippen LogP contribution in [0.2, 0.25) is 0 Å². The average Bonchev–Trinajstić information content (AvgIpc) is 2.25. The highest BCUT2D eigenvalue weighted by atomic mass is 14.8. The number of rotatable bonds is 5. The minimum atomic E-state index is 0.627. The predicted octanol–water partition coefficient (Wildman–Crippen LogP) is 4.29. The van der Waals surface area contributed by atoms with E-state index in [0.29, 0.717) is 5.69 Å². The van der Waals surface area contributed by atoms with Gasteiger partial charge in [0.05, 0.1) is 0 Å². The summed E-state index contributed by atoms with van der Waals surface area (Å²) in [7, 11) is 0. The van der Waals surface area contributed by atoms with Gasteiger partial charge in [0.25, 0.3) is 0 Å². The van der Waals surface area contributed by atoms with Crippen molar-refractivity contribution in [3.63, 3.8) is 0 Å². The third-order valence-corrected chi connectivity index (χ3v) is 2.37. The quantitative estimate of drug-likeness (QED) is 0.501. The number of unbranched alkanes of at least 4 members (excludes halogenated alkanes) is 3. The van der Waals surface area contributed by atoms with E-state index < -0.39 is 0 Å². The molecular weight excluding hydrogens is 172 g/mol. The molecule has 74 valence electrons. The lowest BCUT2D eigenvalue weighted by atomic mass is 10.1. The highest BCUT2D eigenvalue weighted by Gasteiger charge is 2.01. The molecule has 0 atom stereocenters. The molecule has 0 bridgehead atoms. The van der Waals surface area contributed by atoms with Crippen LogP contribution in [0, 0.1) is 5.39 Å². The second-order valence-electron chi connectivity index (χ2n) is 3.58. The van der Waals surface area contributed by atoms with Crippen LogP contribution in [-0.2, 0) is 6.42 Å². The maximum absolute atomic E-state index is 8.50. The largest absolute Gasteiger partial charge is 0.385 e. The summed E-state index contributed by atoms with van der Waals surface area (Å²) in [6, 6.07) is 7.74. The molecule has 0 saturated heterocycles. The van der Waals surface area contributed by atoms with E-state index in [1.807, 2.05) is 24.3 Å². The maximum atomic E-state index is 8.50. The molecule has 0 N–H and O–H groups in total. The van der Waals surface area contributed by atoms with E-state index in [9.17, 15) is 0 Å². The molecule has 0 spiro atoms. The predicted molar refractivity (Wildman–Crippen MR) is 59.0 cm³/mol. The fourth-order valence-electron chi connectivity index (χ4n) is 1.49. The molecule has 1 aromatic carbocycles. The van der Waals surface area contributed by atoms with Crippen molar-refractivity contribution in [2.45, 2.75) is 39.0 Å². The van der Waals surface area contributed by atoms with Crippen molar-refractivity contribution in [3.05, 3.63) is 34.8 Å². The van der Waals surface area contributed by atoms with Gasteiger partial charge in [-0.2, -0.15) is 0 Å². The lowest BCUT2D eigenvalue weighted by Crippen LogP contribution is -1.84. The van der Waals surface area contributed by atoms with Crippen molar-refractivity contribution in [2.75, 3.05) is 0 Å². The minimum absolute atomic E-state index is 0.627. The van der Waals surface area contributed by atoms with Crippen molar-refractivity contribution < 1.29 is 0 Å². The second kappa shape index (κ2) is 6.15. The Balaban J connectivity index is 2.33. The van der Waals surface area contributed by atoms with Crippen LogP contribution in [0.3, 0.4) is 0 Å². The Labute approximate surface area is 85.6 Å². The molecule has 0 heterocycles. The molecule has 0 radical (unpaired) electrons. The molecule has 2 nitrogen and oxygen atoms in total. The smallest absolute Gasteiger partial charge is 0.0654 e. The van der Waals surface area contributed by atoms with Crippen LogP contribution in [0.15, 0.2) is 24.3 Å². The fraction of sp³-hybridized carbons (Fsp3) is 0.500. The first-order valence-electron chi connectivity index (χ1n) is 5.31. The van der Waals surface area contributed by atoms with Crippen LogP contribution in [0.5, 0.6) is 0 Å². The lowest BCUT2D eigenvalue weighted by molar-refractivity contribution is 0.667. The summed E-state index contributed by atoms with van der Waals surface area (Å²) in [6.07, 6.45) is 6.30. The van der Waals surface area contributed by atoms with Gasteiger partial charge in [-0.25, -0.2) is 0 Å². The Morgan fingerprint density at radius 3 is 2.36 bits per heavy atom. The van der Waals surface area contributed by atoms with Crippen LogP contribution in [0.1, 0.15) is 38.2 Å². The van der Waals surface area contributed by atoms with E-state index in [0.717, 1.165) is 6.42 Å². The third kappa shape index (κ3) is 3.57. The summed E-state index contributed by atoms with van der Waals surface area (Å²) in [5.74, 6) is 0. The molecule has 0 fully saturated rings. The number of diazo groups is 1. The van der Waals surface area contributed by atoms with E-state index in [4.69, 9.17) is 5.39 Å². The lowest BCUT2D eigenvalue weighted by Gasteiger charge is -1.99. The summed E-state index contributed by atoms with van der Waals surface area (Å²) in [5.41, 5.74) is 1.95. The van der Waals surface area contributed by atoms with Gasteiger partial charge in [0.15, 0.2) is 4.98 Å². The first-order valence-corrected chi connectivity index (χ1v) is 5.31. The SMILES string of the molecule is CCCCCCc1ccc([N+]#N)cc1. The number of aryl methyl sites for hydroxylation is 1. The molecule has 14 heavy (non-hydrogen) atoms. The normalized spacial score (nSPS) is 9.71. The highest BCUT2D eigenvalue weighted by molar-refractivity contribution is 5.44. The molecule has 0 aliphatic rings. The van der Waals surface area contributed by atoms with Gasteiger partial charge < -0.3 is 0 Å². The monoisotopic (exact) mass is 189 g/mol. The summed E-state index contributed by atoms with van der Waals surface area (Å²) < 4.78 is 0. The van der Waals surface area contributed by atoms with Gasteiger partial charge in [-0.15, -0.1) is 0 Å². The molecule has 0 aromatic heterocycles. The van der Waals surface area contributed by atoms with Gasteiger partial charge in [-0.3, -0.25) is 0 Å². The van der Waals surface area contributed by atoms with Gasteiger partial charge in [-0.05, 0) is 18.4 Å². The molecular formula is C12H17N2+. The van der Waals surface area contributed by atoms with Gasteiger partial charge in [0.2, 0.25) is 5.39 Å². The van der Waals surface area contributed by atoms with E-state index >= 15 is 0 Å². The summed E-state index contributed by atoms with van der Waals surface area (Å²) in [5, 5.41) is 8.50. The molecule has 2 heteroatoms. The molecule has 1 rings (SSSR count). The Bertz CT molecular complexity index is 295. The minimum Gasteiger partial charge on any atom is -0.0654 e.